The number of rotatable bonds is 7. The van der Waals surface area contributed by atoms with Gasteiger partial charge in [-0.2, -0.15) is 5.10 Å². The first kappa shape index (κ1) is 23.0. The van der Waals surface area contributed by atoms with Gasteiger partial charge in [-0.15, -0.1) is 0 Å². The van der Waals surface area contributed by atoms with Crippen LogP contribution >= 0.6 is 23.2 Å². The summed E-state index contributed by atoms with van der Waals surface area (Å²) in [5, 5.41) is 7.36. The van der Waals surface area contributed by atoms with Gasteiger partial charge in [-0.05, 0) is 66.2 Å². The average Bonchev–Trinajstić information content (AvgIpc) is 2.78. The highest BCUT2D eigenvalue weighted by molar-refractivity contribution is 6.31. The minimum Gasteiger partial charge on any atom is -0.423 e. The maximum Gasteiger partial charge on any atom is 0.343 e. The molecular formula is C23H17Cl2N3O4. The molecule has 3 aromatic rings. The van der Waals surface area contributed by atoms with Gasteiger partial charge >= 0.3 is 5.97 Å². The second kappa shape index (κ2) is 11.1. The van der Waals surface area contributed by atoms with Crippen LogP contribution in [0.25, 0.3) is 0 Å². The van der Waals surface area contributed by atoms with E-state index in [0.29, 0.717) is 32.5 Å². The molecule has 0 heterocycles. The maximum absolute atomic E-state index is 12.2. The number of hydrazone groups is 1. The van der Waals surface area contributed by atoms with Crippen LogP contribution in [0.4, 0.5) is 0 Å². The molecule has 0 spiro atoms. The number of carbonyl (C=O) groups excluding carboxylic acids is 3. The Bertz CT molecular complexity index is 1150. The molecule has 0 aromatic heterocycles. The molecule has 2 N–H and O–H groups in total. The number of nitrogens with one attached hydrogen (secondary N) is 2. The number of carbonyl (C=O) groups is 3. The summed E-state index contributed by atoms with van der Waals surface area (Å²) >= 11 is 11.6. The molecule has 0 unspecified atom stereocenters. The van der Waals surface area contributed by atoms with E-state index in [9.17, 15) is 14.4 Å². The molecule has 0 radical (unpaired) electrons. The number of halogens is 2. The third-order valence-corrected chi connectivity index (χ3v) is 4.57. The van der Waals surface area contributed by atoms with Crippen molar-refractivity contribution in [2.24, 2.45) is 5.10 Å². The monoisotopic (exact) mass is 469 g/mol. The zero-order chi connectivity index (χ0) is 22.9. The van der Waals surface area contributed by atoms with Crippen molar-refractivity contribution < 1.29 is 19.1 Å². The number of ether oxygens (including phenoxy) is 1. The first-order chi connectivity index (χ1) is 15.4. The Hall–Kier alpha value is -3.68. The lowest BCUT2D eigenvalue weighted by Gasteiger charge is -2.05. The van der Waals surface area contributed by atoms with E-state index in [1.54, 1.807) is 72.8 Å². The number of nitrogens with zero attached hydrogens (tertiary/aromatic N) is 1. The molecule has 0 fully saturated rings. The van der Waals surface area contributed by atoms with Gasteiger partial charge in [0.05, 0.1) is 18.3 Å². The van der Waals surface area contributed by atoms with Crippen molar-refractivity contribution in [2.45, 2.75) is 0 Å². The van der Waals surface area contributed by atoms with Gasteiger partial charge in [0.25, 0.3) is 11.8 Å². The fraction of sp³-hybridized carbons (Fsp3) is 0.0435. The van der Waals surface area contributed by atoms with Crippen LogP contribution in [0.1, 0.15) is 26.3 Å². The van der Waals surface area contributed by atoms with E-state index in [-0.39, 0.29) is 6.54 Å². The minimum absolute atomic E-state index is 0.252. The Morgan fingerprint density at radius 3 is 2.16 bits per heavy atom. The van der Waals surface area contributed by atoms with Crippen molar-refractivity contribution in [1.29, 1.82) is 0 Å². The summed E-state index contributed by atoms with van der Waals surface area (Å²) in [5.41, 5.74) is 3.65. The van der Waals surface area contributed by atoms with Crippen molar-refractivity contribution in [3.63, 3.8) is 0 Å². The van der Waals surface area contributed by atoms with Gasteiger partial charge < -0.3 is 10.1 Å². The Morgan fingerprint density at radius 2 is 1.50 bits per heavy atom. The first-order valence-electron chi connectivity index (χ1n) is 9.34. The quantitative estimate of drug-likeness (QED) is 0.235. The minimum atomic E-state index is -0.527. The molecular weight excluding hydrogens is 453 g/mol. The van der Waals surface area contributed by atoms with Crippen LogP contribution < -0.4 is 15.5 Å². The summed E-state index contributed by atoms with van der Waals surface area (Å²) in [5.74, 6) is -1.12. The van der Waals surface area contributed by atoms with Gasteiger partial charge in [-0.25, -0.2) is 10.2 Å². The standard InChI is InChI=1S/C23H17Cl2N3O4/c24-18-8-4-16(5-9-18)22(30)26-14-21(29)28-27-13-15-2-1-3-20(12-15)32-23(31)17-6-10-19(25)11-7-17/h1-13H,14H2,(H,26,30)(H,28,29)/b27-13+. The third-order valence-electron chi connectivity index (χ3n) is 4.07. The van der Waals surface area contributed by atoms with E-state index in [2.05, 4.69) is 15.8 Å². The van der Waals surface area contributed by atoms with Gasteiger partial charge in [0.1, 0.15) is 5.75 Å². The lowest BCUT2D eigenvalue weighted by atomic mass is 10.2. The van der Waals surface area contributed by atoms with Gasteiger partial charge in [0.2, 0.25) is 0 Å². The molecule has 3 rings (SSSR count). The highest BCUT2D eigenvalue weighted by Crippen LogP contribution is 2.16. The molecule has 0 aliphatic rings. The summed E-state index contributed by atoms with van der Waals surface area (Å²) in [6.45, 7) is -0.252. The molecule has 32 heavy (non-hydrogen) atoms. The number of hydrogen-bond donors (Lipinski definition) is 2. The van der Waals surface area contributed by atoms with Crippen molar-refractivity contribution in [3.8, 4) is 5.75 Å². The van der Waals surface area contributed by atoms with Crippen LogP contribution in [0.5, 0.6) is 5.75 Å². The van der Waals surface area contributed by atoms with E-state index < -0.39 is 17.8 Å². The summed E-state index contributed by atoms with van der Waals surface area (Å²) in [6.07, 6.45) is 1.39. The zero-order valence-electron chi connectivity index (χ0n) is 16.5. The van der Waals surface area contributed by atoms with Crippen LogP contribution in [0.2, 0.25) is 10.0 Å². The molecule has 0 aliphatic heterocycles. The molecule has 3 aromatic carbocycles. The van der Waals surface area contributed by atoms with Crippen molar-refractivity contribution >= 4 is 47.2 Å². The Labute approximate surface area is 194 Å². The largest absolute Gasteiger partial charge is 0.423 e. The van der Waals surface area contributed by atoms with Crippen LogP contribution in [-0.2, 0) is 4.79 Å². The van der Waals surface area contributed by atoms with Gasteiger partial charge in [0, 0.05) is 15.6 Å². The molecule has 0 saturated heterocycles. The van der Waals surface area contributed by atoms with Crippen molar-refractivity contribution in [1.82, 2.24) is 10.7 Å². The maximum atomic E-state index is 12.2. The van der Waals surface area contributed by atoms with Crippen molar-refractivity contribution in [2.75, 3.05) is 6.54 Å². The Kier molecular flexibility index (Phi) is 7.96. The van der Waals surface area contributed by atoms with E-state index >= 15 is 0 Å². The first-order valence-corrected chi connectivity index (χ1v) is 10.1. The fourth-order valence-electron chi connectivity index (χ4n) is 2.49. The van der Waals surface area contributed by atoms with Gasteiger partial charge in [-0.3, -0.25) is 9.59 Å². The Morgan fingerprint density at radius 1 is 0.875 bits per heavy atom. The highest BCUT2D eigenvalue weighted by Gasteiger charge is 2.09. The molecule has 0 aliphatic carbocycles. The normalized spacial score (nSPS) is 10.6. The molecule has 0 atom stereocenters. The SMILES string of the molecule is O=C(CNC(=O)c1ccc(Cl)cc1)N/N=C/c1cccc(OC(=O)c2ccc(Cl)cc2)c1. The lowest BCUT2D eigenvalue weighted by Crippen LogP contribution is -2.34. The summed E-state index contributed by atoms with van der Waals surface area (Å²) in [7, 11) is 0. The molecule has 0 saturated carbocycles. The van der Waals surface area contributed by atoms with Gasteiger partial charge in [0.15, 0.2) is 0 Å². The number of amides is 2. The smallest absolute Gasteiger partial charge is 0.343 e. The summed E-state index contributed by atoms with van der Waals surface area (Å²) in [4.78, 5) is 36.0. The number of esters is 1. The van der Waals surface area contributed by atoms with E-state index in [1.807, 2.05) is 0 Å². The van der Waals surface area contributed by atoms with Crippen LogP contribution in [0.3, 0.4) is 0 Å². The molecule has 7 nitrogen and oxygen atoms in total. The average molecular weight is 470 g/mol. The van der Waals surface area contributed by atoms with E-state index in [4.69, 9.17) is 27.9 Å². The topological polar surface area (TPSA) is 96.9 Å². The van der Waals surface area contributed by atoms with Gasteiger partial charge in [-0.1, -0.05) is 35.3 Å². The van der Waals surface area contributed by atoms with E-state index in [0.717, 1.165) is 0 Å². The van der Waals surface area contributed by atoms with Crippen molar-refractivity contribution in [3.05, 3.63) is 99.5 Å². The molecule has 9 heteroatoms. The predicted octanol–water partition coefficient (Wildman–Crippen LogP) is 4.09. The molecule has 2 amide bonds. The third kappa shape index (κ3) is 6.94. The van der Waals surface area contributed by atoms with Crippen LogP contribution in [-0.4, -0.2) is 30.5 Å². The Balaban J connectivity index is 1.49. The lowest BCUT2D eigenvalue weighted by molar-refractivity contribution is -0.120. The van der Waals surface area contributed by atoms with E-state index in [1.165, 1.54) is 6.21 Å². The molecule has 0 bridgehead atoms. The fourth-order valence-corrected chi connectivity index (χ4v) is 2.74. The second-order valence-corrected chi connectivity index (χ2v) is 7.32. The van der Waals surface area contributed by atoms with Crippen LogP contribution in [0, 0.1) is 0 Å². The molecule has 162 valence electrons. The highest BCUT2D eigenvalue weighted by atomic mass is 35.5. The summed E-state index contributed by atoms with van der Waals surface area (Å²) < 4.78 is 5.34. The number of hydrogen-bond acceptors (Lipinski definition) is 5. The predicted molar refractivity (Wildman–Crippen MR) is 122 cm³/mol. The zero-order valence-corrected chi connectivity index (χ0v) is 18.1. The second-order valence-electron chi connectivity index (χ2n) is 6.45. The van der Waals surface area contributed by atoms with Crippen LogP contribution in [0.15, 0.2) is 77.9 Å². The number of benzene rings is 3. The summed E-state index contributed by atoms with van der Waals surface area (Å²) in [6, 6.07) is 19.2.